The van der Waals surface area contributed by atoms with Crippen molar-refractivity contribution < 1.29 is 19.4 Å². The average Bonchev–Trinajstić information content (AvgIpc) is 3.07. The van der Waals surface area contributed by atoms with Crippen molar-refractivity contribution in [1.82, 2.24) is 4.90 Å². The zero-order chi connectivity index (χ0) is 33.5. The van der Waals surface area contributed by atoms with Crippen molar-refractivity contribution in [2.75, 3.05) is 0 Å². The number of likely N-dealkylation sites (tertiary alicyclic amines) is 1. The first kappa shape index (κ1) is 47.1. The number of aliphatic hydroxyl groups is 1. The molecule has 4 aliphatic rings. The highest BCUT2D eigenvalue weighted by atomic mass is 127. The number of halogens is 20. The average molecular weight is 2830 g/mol. The van der Waals surface area contributed by atoms with Gasteiger partial charge in [0.05, 0.1) is 3.57 Å². The third-order valence-electron chi connectivity index (χ3n) is 7.48. The lowest BCUT2D eigenvalue weighted by atomic mass is 9.48. The van der Waals surface area contributed by atoms with Crippen molar-refractivity contribution >= 4 is 458 Å². The van der Waals surface area contributed by atoms with Gasteiger partial charge in [-0.2, -0.15) is 0 Å². The molecule has 2 aliphatic carbocycles. The van der Waals surface area contributed by atoms with Gasteiger partial charge in [-0.05, 0) is 248 Å². The van der Waals surface area contributed by atoms with Crippen LogP contribution in [0.4, 0.5) is 0 Å². The van der Waals surface area contributed by atoms with Crippen molar-refractivity contribution in [3.63, 3.8) is 0 Å². The lowest BCUT2D eigenvalue weighted by molar-refractivity contribution is -0.192. The molecule has 0 aromatic heterocycles. The molecule has 1 saturated carbocycles. The summed E-state index contributed by atoms with van der Waals surface area (Å²) in [6.45, 7) is 0. The molecule has 43 heavy (non-hydrogen) atoms. The Labute approximate surface area is 520 Å². The topological polar surface area (TPSA) is 59.0 Å². The van der Waals surface area contributed by atoms with Crippen LogP contribution in [0, 0.1) is 7.14 Å². The lowest BCUT2D eigenvalue weighted by Gasteiger charge is -2.80. The van der Waals surface area contributed by atoms with Gasteiger partial charge >= 0.3 is 0 Å². The molecule has 1 N–H and O–H groups in total. The number of alkyl halides is 18. The maximum atomic E-state index is 15.3. The number of ketones is 1. The van der Waals surface area contributed by atoms with Crippen LogP contribution in [-0.4, -0.2) is 33.6 Å². The molecule has 2 aliphatic heterocycles. The van der Waals surface area contributed by atoms with E-state index in [2.05, 4.69) is 457 Å². The van der Waals surface area contributed by atoms with Gasteiger partial charge in [-0.3, -0.25) is 4.79 Å². The van der Waals surface area contributed by atoms with Gasteiger partial charge in [-0.15, -0.1) is 0 Å². The van der Waals surface area contributed by atoms with Crippen molar-refractivity contribution in [1.29, 1.82) is 0 Å². The third-order valence-corrected chi connectivity index (χ3v) is 40.8. The molecule has 1 aromatic rings. The quantitative estimate of drug-likeness (QED) is 0.186. The molecule has 0 amide bonds. The Balaban J connectivity index is 2.23. The lowest BCUT2D eigenvalue weighted by Crippen LogP contribution is -2.99. The second-order valence-corrected chi connectivity index (χ2v) is 62.6. The van der Waals surface area contributed by atoms with Crippen molar-refractivity contribution in [2.45, 2.75) is 24.6 Å². The summed E-state index contributed by atoms with van der Waals surface area (Å²) in [6, 6.07) is 0. The summed E-state index contributed by atoms with van der Waals surface area (Å²) in [4.78, 5) is 17.8. The number of benzene rings is 1. The Hall–Kier alpha value is 13.0. The first-order valence-electron chi connectivity index (χ1n) is 10.2. The number of rotatable bonds is 3. The predicted octanol–water partition coefficient (Wildman–Crippen LogP) is 14.9. The molecule has 4 atom stereocenters. The van der Waals surface area contributed by atoms with Crippen LogP contribution in [0.5, 0.6) is 11.5 Å². The molecule has 2 heterocycles. The minimum Gasteiger partial charge on any atom is -0.464 e. The second-order valence-electron chi connectivity index (χ2n) is 9.34. The summed E-state index contributed by atoms with van der Waals surface area (Å²) in [6.07, 6.45) is 0. The second kappa shape index (κ2) is 14.6. The SMILES string of the molecule is O=C1C(I)(I)C(I)(I)[C@]2(O)[C@]34c5c(c(OC(I)(I)I)c(I)c(I)c5C(I)(I)[C@@]2(I)N(C(I)(I)I)C(I)(I)C3(I)I)O[C@@]14I. The zero-order valence-electron chi connectivity index (χ0n) is 18.7. The molecule has 1 spiro atoms. The molecule has 5 nitrogen and oxygen atoms in total. The number of carbonyl (C=O) groups is 1. The van der Waals surface area contributed by atoms with Crippen LogP contribution in [0.15, 0.2) is 0 Å². The molecule has 25 heteroatoms. The molecular formula is C18HI20NO4. The van der Waals surface area contributed by atoms with E-state index in [9.17, 15) is 5.11 Å². The van der Waals surface area contributed by atoms with Crippen molar-refractivity contribution in [2.24, 2.45) is 0 Å². The Morgan fingerprint density at radius 3 is 1.65 bits per heavy atom. The predicted molar refractivity (Wildman–Crippen MR) is 342 cm³/mol. The number of carbonyl (C=O) groups excluding carboxylic acids is 1. The fourth-order valence-electron chi connectivity index (χ4n) is 6.05. The molecule has 0 radical (unpaired) electrons. The third kappa shape index (κ3) is 5.96. The molecule has 2 bridgehead atoms. The molecule has 0 unspecified atom stereocenters. The molecule has 5 rings (SSSR count). The highest BCUT2D eigenvalue weighted by molar-refractivity contribution is 14.3. The smallest absolute Gasteiger partial charge is 0.258 e. The van der Waals surface area contributed by atoms with Gasteiger partial charge in [0.2, 0.25) is 9.39 Å². The van der Waals surface area contributed by atoms with Gasteiger partial charge in [0.1, 0.15) is 18.8 Å². The first-order valence-corrected chi connectivity index (χ1v) is 31.8. The Morgan fingerprint density at radius 1 is 0.721 bits per heavy atom. The van der Waals surface area contributed by atoms with E-state index >= 15 is 4.79 Å². The minimum atomic E-state index is -1.55. The van der Waals surface area contributed by atoms with E-state index in [1.807, 2.05) is 0 Å². The van der Waals surface area contributed by atoms with Gasteiger partial charge in [-0.1, -0.05) is 203 Å². The van der Waals surface area contributed by atoms with Crippen LogP contribution in [-0.2, 0) is 11.6 Å². The Bertz CT molecular complexity index is 1500. The first-order chi connectivity index (χ1) is 18.8. The number of hydrogen-bond donors (Lipinski definition) is 1. The van der Waals surface area contributed by atoms with Gasteiger partial charge in [0, 0.05) is 14.7 Å². The molecule has 242 valence electrons. The van der Waals surface area contributed by atoms with Gasteiger partial charge in [0.15, 0.2) is 14.0 Å². The van der Waals surface area contributed by atoms with E-state index < -0.39 is 24.6 Å². The fourth-order valence-corrected chi connectivity index (χ4v) is 33.9. The number of Topliss-reactive ketones (excluding diaryl/α,β-unsaturated/α-hetero) is 1. The molecule has 2 fully saturated rings. The maximum absolute atomic E-state index is 15.3. The standard InChI is InChI=1S/C18HI20NO4/c19-3-1-2-5(6(4(3)20)43-18(36,37)38)42-11(25)7(40)10(23,24)14(28,29)12(41)8(2,11)13(26,27)16(31,32)39(17(33,34)35)15(12,30)9(1,21)22/h41H/t8-,11+,12-,15-/m1/s1. The van der Waals surface area contributed by atoms with Gasteiger partial charge in [0.25, 0.3) is -0.379 Å². The van der Waals surface area contributed by atoms with E-state index in [1.165, 1.54) is 0 Å². The number of ether oxygens (including phenoxy) is 2. The van der Waals surface area contributed by atoms with E-state index in [0.717, 1.165) is 18.3 Å². The molecular weight excluding hydrogens is 2830 g/mol. The highest BCUT2D eigenvalue weighted by Crippen LogP contribution is 2.92. The summed E-state index contributed by atoms with van der Waals surface area (Å²) in [5.41, 5.74) is -0.791. The minimum absolute atomic E-state index is 0.0503. The van der Waals surface area contributed by atoms with Crippen molar-refractivity contribution in [3.8, 4) is 11.5 Å². The van der Waals surface area contributed by atoms with E-state index in [-0.39, 0.29) is 5.78 Å². The highest BCUT2D eigenvalue weighted by Gasteiger charge is 3.02. The number of piperidine rings is 1. The number of hydrogen-bond acceptors (Lipinski definition) is 5. The Morgan fingerprint density at radius 2 is 1.21 bits per heavy atom. The summed E-state index contributed by atoms with van der Waals surface area (Å²) >= 11 is 48.9. The summed E-state index contributed by atoms with van der Waals surface area (Å²) in [5, 5.41) is 14.5. The Kier molecular flexibility index (Phi) is 15.9. The monoisotopic (exact) mass is 2830 g/mol. The van der Waals surface area contributed by atoms with Crippen LogP contribution in [0.2, 0.25) is 0 Å². The van der Waals surface area contributed by atoms with Crippen molar-refractivity contribution in [3.05, 3.63) is 18.3 Å². The fraction of sp³-hybridized carbons (Fsp3) is 0.611. The van der Waals surface area contributed by atoms with E-state index in [1.54, 1.807) is 0 Å². The molecule has 1 aromatic carbocycles. The van der Waals surface area contributed by atoms with Crippen LogP contribution in [0.1, 0.15) is 11.1 Å². The van der Waals surface area contributed by atoms with Crippen LogP contribution < -0.4 is 9.47 Å². The normalized spacial score (nSPS) is 37.9. The summed E-state index contributed by atoms with van der Waals surface area (Å²) < 4.78 is 8.24. The number of nitrogens with zero attached hydrogens (tertiary/aromatic N) is 1. The van der Waals surface area contributed by atoms with Crippen LogP contribution in [0.25, 0.3) is 0 Å². The van der Waals surface area contributed by atoms with E-state index in [0.29, 0.717) is 11.5 Å². The van der Waals surface area contributed by atoms with Gasteiger partial charge in [-0.25, -0.2) is 4.90 Å². The van der Waals surface area contributed by atoms with E-state index in [4.69, 9.17) is 9.47 Å². The summed E-state index contributed by atoms with van der Waals surface area (Å²) in [5.74, 6) is 1.14. The van der Waals surface area contributed by atoms with Crippen LogP contribution >= 0.6 is 452 Å². The largest absolute Gasteiger partial charge is 0.464 e. The maximum Gasteiger partial charge on any atom is 0.258 e. The van der Waals surface area contributed by atoms with Gasteiger partial charge < -0.3 is 14.6 Å². The molecule has 1 saturated heterocycles. The summed E-state index contributed by atoms with van der Waals surface area (Å²) in [7, 11) is 0. The zero-order valence-corrected chi connectivity index (χ0v) is 61.8. The van der Waals surface area contributed by atoms with Crippen LogP contribution in [0.3, 0.4) is 0 Å².